The second kappa shape index (κ2) is 6.33. The van der Waals surface area contributed by atoms with Crippen molar-refractivity contribution in [3.8, 4) is 0 Å². The third-order valence-corrected chi connectivity index (χ3v) is 2.91. The van der Waals surface area contributed by atoms with E-state index in [-0.39, 0.29) is 0 Å². The number of nitrogens with one attached hydrogen (secondary N) is 2. The van der Waals surface area contributed by atoms with Gasteiger partial charge in [-0.15, -0.1) is 0 Å². The molecular formula is C11H6Cl2F6N2O. The minimum Gasteiger partial charge on any atom is -0.323 e. The van der Waals surface area contributed by atoms with E-state index in [9.17, 15) is 31.1 Å². The van der Waals surface area contributed by atoms with Gasteiger partial charge in [-0.1, -0.05) is 23.2 Å². The fourth-order valence-electron chi connectivity index (χ4n) is 1.30. The Labute approximate surface area is 129 Å². The van der Waals surface area contributed by atoms with Crippen molar-refractivity contribution < 1.29 is 31.1 Å². The van der Waals surface area contributed by atoms with Gasteiger partial charge in [-0.05, 0) is 12.1 Å². The number of carbonyl (C=O) groups excluding carboxylic acids is 1. The van der Waals surface area contributed by atoms with Crippen molar-refractivity contribution >= 4 is 40.5 Å². The fourth-order valence-corrected chi connectivity index (χ4v) is 1.88. The first-order valence-corrected chi connectivity index (χ1v) is 6.08. The quantitative estimate of drug-likeness (QED) is 0.578. The summed E-state index contributed by atoms with van der Waals surface area (Å²) >= 11 is 11.1. The molecule has 2 N–H and O–H groups in total. The molecule has 0 spiro atoms. The van der Waals surface area contributed by atoms with Crippen LogP contribution in [0.25, 0.3) is 0 Å². The van der Waals surface area contributed by atoms with Gasteiger partial charge in [0.2, 0.25) is 5.91 Å². The molecule has 122 valence electrons. The molecule has 1 rings (SSSR count). The van der Waals surface area contributed by atoms with Crippen LogP contribution in [0.3, 0.4) is 0 Å². The van der Waals surface area contributed by atoms with Crippen LogP contribution in [0.1, 0.15) is 12.0 Å². The molecule has 0 aliphatic rings. The molecule has 0 aliphatic heterocycles. The van der Waals surface area contributed by atoms with Crippen LogP contribution in [0.2, 0.25) is 10.0 Å². The summed E-state index contributed by atoms with van der Waals surface area (Å²) in [5, 5.41) is 7.33. The van der Waals surface area contributed by atoms with Gasteiger partial charge in [0.25, 0.3) is 0 Å². The molecule has 0 saturated heterocycles. The zero-order valence-corrected chi connectivity index (χ0v) is 11.8. The summed E-state index contributed by atoms with van der Waals surface area (Å²) in [5.74, 6) is -1.29. The van der Waals surface area contributed by atoms with Crippen LogP contribution in [0.15, 0.2) is 12.1 Å². The minimum absolute atomic E-state index is 0.462. The summed E-state index contributed by atoms with van der Waals surface area (Å²) in [6.45, 7) is 0. The number of anilines is 1. The van der Waals surface area contributed by atoms with E-state index in [1.165, 1.54) is 0 Å². The first kappa shape index (κ1) is 18.6. The lowest BCUT2D eigenvalue weighted by Crippen LogP contribution is -2.27. The highest BCUT2D eigenvalue weighted by atomic mass is 35.5. The molecule has 11 heteroatoms. The smallest absolute Gasteiger partial charge is 0.323 e. The highest BCUT2D eigenvalue weighted by molar-refractivity contribution is 6.40. The van der Waals surface area contributed by atoms with Crippen LogP contribution >= 0.6 is 23.2 Å². The third-order valence-electron chi connectivity index (χ3n) is 2.31. The van der Waals surface area contributed by atoms with E-state index in [0.29, 0.717) is 12.1 Å². The number of alkyl halides is 6. The van der Waals surface area contributed by atoms with Crippen molar-refractivity contribution in [2.45, 2.75) is 18.8 Å². The summed E-state index contributed by atoms with van der Waals surface area (Å²) in [6, 6.07) is 0.941. The van der Waals surface area contributed by atoms with Crippen molar-refractivity contribution in [2.24, 2.45) is 0 Å². The standard InChI is InChI=1S/C11H6Cl2F6N2O/c12-5-1-4(10(14,15)16)2-6(13)9(5)21-8(22)3-7(20)11(17,18)19/h1-2,20H,3H2,(H,21,22). The van der Waals surface area contributed by atoms with E-state index in [1.807, 2.05) is 5.32 Å². The molecular weight excluding hydrogens is 361 g/mol. The number of hydrogen-bond acceptors (Lipinski definition) is 2. The molecule has 0 aromatic heterocycles. The molecule has 0 atom stereocenters. The maximum atomic E-state index is 12.5. The van der Waals surface area contributed by atoms with Crippen LogP contribution in [-0.2, 0) is 11.0 Å². The van der Waals surface area contributed by atoms with Gasteiger partial charge < -0.3 is 10.7 Å². The molecule has 1 amide bonds. The van der Waals surface area contributed by atoms with E-state index < -0.39 is 51.7 Å². The van der Waals surface area contributed by atoms with Gasteiger partial charge in [-0.2, -0.15) is 26.3 Å². The Bertz CT molecular complexity index is 589. The zero-order chi connectivity index (χ0) is 17.3. The summed E-state index contributed by atoms with van der Waals surface area (Å²) < 4.78 is 73.8. The summed E-state index contributed by atoms with van der Waals surface area (Å²) in [6.07, 6.45) is -11.0. The first-order valence-electron chi connectivity index (χ1n) is 5.33. The van der Waals surface area contributed by atoms with Gasteiger partial charge >= 0.3 is 12.4 Å². The Balaban J connectivity index is 2.96. The van der Waals surface area contributed by atoms with Crippen molar-refractivity contribution in [2.75, 3.05) is 5.32 Å². The molecule has 0 aliphatic carbocycles. The molecule has 22 heavy (non-hydrogen) atoms. The fraction of sp³-hybridized carbons (Fsp3) is 0.273. The zero-order valence-electron chi connectivity index (χ0n) is 10.3. The normalized spacial score (nSPS) is 12.2. The maximum absolute atomic E-state index is 12.5. The van der Waals surface area contributed by atoms with Crippen LogP contribution in [-0.4, -0.2) is 17.8 Å². The summed E-state index contributed by atoms with van der Waals surface area (Å²) in [7, 11) is 0. The molecule has 0 radical (unpaired) electrons. The van der Waals surface area contributed by atoms with Gasteiger partial charge in [-0.25, -0.2) is 0 Å². The van der Waals surface area contributed by atoms with E-state index in [0.717, 1.165) is 0 Å². The molecule has 1 aromatic carbocycles. The highest BCUT2D eigenvalue weighted by Gasteiger charge is 2.36. The second-order valence-electron chi connectivity index (χ2n) is 4.01. The lowest BCUT2D eigenvalue weighted by molar-refractivity contribution is -0.137. The predicted molar refractivity (Wildman–Crippen MR) is 68.5 cm³/mol. The molecule has 0 bridgehead atoms. The van der Waals surface area contributed by atoms with E-state index >= 15 is 0 Å². The average Bonchev–Trinajstić information content (AvgIpc) is 2.31. The van der Waals surface area contributed by atoms with Crippen LogP contribution < -0.4 is 5.32 Å². The first-order chi connectivity index (χ1) is 9.82. The average molecular weight is 367 g/mol. The van der Waals surface area contributed by atoms with Gasteiger partial charge in [0.1, 0.15) is 5.71 Å². The van der Waals surface area contributed by atoms with Crippen molar-refractivity contribution in [3.05, 3.63) is 27.7 Å². The number of carbonyl (C=O) groups is 1. The largest absolute Gasteiger partial charge is 0.429 e. The van der Waals surface area contributed by atoms with Crippen molar-refractivity contribution in [1.82, 2.24) is 0 Å². The number of hydrogen-bond donors (Lipinski definition) is 2. The third kappa shape index (κ3) is 4.77. The van der Waals surface area contributed by atoms with Crippen molar-refractivity contribution in [1.29, 1.82) is 5.41 Å². The topological polar surface area (TPSA) is 53.0 Å². The number of rotatable bonds is 3. The highest BCUT2D eigenvalue weighted by Crippen LogP contribution is 2.38. The predicted octanol–water partition coefficient (Wildman–Crippen LogP) is 4.92. The Hall–Kier alpha value is -1.48. The Kier molecular flexibility index (Phi) is 5.34. The van der Waals surface area contributed by atoms with Crippen LogP contribution in [0, 0.1) is 5.41 Å². The van der Waals surface area contributed by atoms with E-state index in [2.05, 4.69) is 0 Å². The molecule has 0 fully saturated rings. The van der Waals surface area contributed by atoms with Gasteiger partial charge in [0.05, 0.1) is 27.7 Å². The Morgan fingerprint density at radius 2 is 1.55 bits per heavy atom. The Morgan fingerprint density at radius 3 is 1.91 bits per heavy atom. The monoisotopic (exact) mass is 366 g/mol. The maximum Gasteiger partial charge on any atom is 0.429 e. The number of halogens is 8. The van der Waals surface area contributed by atoms with Crippen LogP contribution in [0.5, 0.6) is 0 Å². The van der Waals surface area contributed by atoms with Gasteiger partial charge in [-0.3, -0.25) is 4.79 Å². The van der Waals surface area contributed by atoms with Crippen molar-refractivity contribution in [3.63, 3.8) is 0 Å². The summed E-state index contributed by atoms with van der Waals surface area (Å²) in [5.41, 5.74) is -3.45. The number of amides is 1. The molecule has 3 nitrogen and oxygen atoms in total. The molecule has 0 heterocycles. The second-order valence-corrected chi connectivity index (χ2v) is 4.83. The molecule has 1 aromatic rings. The molecule has 0 saturated carbocycles. The van der Waals surface area contributed by atoms with Gasteiger partial charge in [0, 0.05) is 0 Å². The Morgan fingerprint density at radius 1 is 1.09 bits per heavy atom. The van der Waals surface area contributed by atoms with E-state index in [4.69, 9.17) is 28.6 Å². The SMILES string of the molecule is N=C(CC(=O)Nc1c(Cl)cc(C(F)(F)F)cc1Cl)C(F)(F)F. The van der Waals surface area contributed by atoms with Gasteiger partial charge in [0.15, 0.2) is 0 Å². The lowest BCUT2D eigenvalue weighted by atomic mass is 10.2. The lowest BCUT2D eigenvalue weighted by Gasteiger charge is -2.14. The van der Waals surface area contributed by atoms with Crippen LogP contribution in [0.4, 0.5) is 32.0 Å². The minimum atomic E-state index is -4.98. The number of benzene rings is 1. The summed E-state index contributed by atoms with van der Waals surface area (Å²) in [4.78, 5) is 11.4. The molecule has 0 unspecified atom stereocenters. The van der Waals surface area contributed by atoms with E-state index in [1.54, 1.807) is 0 Å².